The normalized spacial score (nSPS) is 25.9. The molecule has 0 aromatic heterocycles. The highest BCUT2D eigenvalue weighted by molar-refractivity contribution is 6.32. The standard InChI is InChI=1S/C30H32N2O7/c1-5-38-25(35)21-17-23(33)30(24(34)18-15-16-18,31-19-11-7-6-8-12-19)29(21)20-13-9-10-14-22(20)32(26(29)36)27(37)39-28(2,3)4/h6-14,18,21,31H,5,15-17H2,1-4H3/t21-,29+,30-/m0/s1. The van der Waals surface area contributed by atoms with Crippen LogP contribution in [0.3, 0.4) is 0 Å². The molecule has 9 heteroatoms. The largest absolute Gasteiger partial charge is 0.466 e. The Morgan fingerprint density at radius 2 is 1.64 bits per heavy atom. The Labute approximate surface area is 226 Å². The zero-order valence-electron chi connectivity index (χ0n) is 22.5. The van der Waals surface area contributed by atoms with Crippen molar-refractivity contribution in [2.75, 3.05) is 16.8 Å². The first-order valence-electron chi connectivity index (χ1n) is 13.2. The minimum Gasteiger partial charge on any atom is -0.466 e. The number of fused-ring (bicyclic) bond motifs is 2. The lowest BCUT2D eigenvalue weighted by molar-refractivity contribution is -0.153. The Morgan fingerprint density at radius 1 is 1.00 bits per heavy atom. The summed E-state index contributed by atoms with van der Waals surface area (Å²) in [6.45, 7) is 6.66. The van der Waals surface area contributed by atoms with Crippen LogP contribution in [0.15, 0.2) is 54.6 Å². The van der Waals surface area contributed by atoms with Crippen LogP contribution in [0.5, 0.6) is 0 Å². The number of esters is 1. The summed E-state index contributed by atoms with van der Waals surface area (Å²) in [6.07, 6.45) is -0.225. The first kappa shape index (κ1) is 26.6. The topological polar surface area (TPSA) is 119 Å². The van der Waals surface area contributed by atoms with Crippen LogP contribution in [-0.2, 0) is 34.1 Å². The molecule has 2 amide bonds. The van der Waals surface area contributed by atoms with Crippen LogP contribution in [0.2, 0.25) is 0 Å². The summed E-state index contributed by atoms with van der Waals surface area (Å²) in [5.74, 6) is -4.49. The van der Waals surface area contributed by atoms with E-state index >= 15 is 0 Å². The van der Waals surface area contributed by atoms with Crippen molar-refractivity contribution in [1.82, 2.24) is 0 Å². The maximum absolute atomic E-state index is 14.8. The predicted molar refractivity (Wildman–Crippen MR) is 142 cm³/mol. The van der Waals surface area contributed by atoms with Crippen LogP contribution in [0.4, 0.5) is 16.2 Å². The molecule has 1 N–H and O–H groups in total. The summed E-state index contributed by atoms with van der Waals surface area (Å²) in [5.41, 5.74) is -4.30. The molecule has 2 saturated carbocycles. The van der Waals surface area contributed by atoms with E-state index in [9.17, 15) is 24.0 Å². The highest BCUT2D eigenvalue weighted by atomic mass is 16.6. The molecule has 1 spiro atoms. The van der Waals surface area contributed by atoms with Crippen molar-refractivity contribution >= 4 is 40.9 Å². The summed E-state index contributed by atoms with van der Waals surface area (Å²) in [7, 11) is 0. The molecular formula is C30H32N2O7. The van der Waals surface area contributed by atoms with Crippen molar-refractivity contribution in [1.29, 1.82) is 0 Å². The van der Waals surface area contributed by atoms with Gasteiger partial charge in [0.1, 0.15) is 11.0 Å². The molecule has 2 aromatic rings. The number of Topliss-reactive ketones (excluding diaryl/α,β-unsaturated/α-hetero) is 2. The number of ether oxygens (including phenoxy) is 2. The van der Waals surface area contributed by atoms with E-state index in [1.165, 1.54) is 0 Å². The number of para-hydroxylation sites is 2. The Balaban J connectivity index is 1.82. The van der Waals surface area contributed by atoms with E-state index in [-0.39, 0.29) is 17.9 Å². The number of ketones is 2. The zero-order valence-corrected chi connectivity index (χ0v) is 22.5. The molecule has 0 radical (unpaired) electrons. The van der Waals surface area contributed by atoms with Crippen LogP contribution in [-0.4, -0.2) is 47.3 Å². The van der Waals surface area contributed by atoms with Gasteiger partial charge in [0.15, 0.2) is 17.1 Å². The molecule has 204 valence electrons. The van der Waals surface area contributed by atoms with Crippen molar-refractivity contribution in [3.63, 3.8) is 0 Å². The summed E-state index contributed by atoms with van der Waals surface area (Å²) in [6, 6.07) is 15.1. The molecular weight excluding hydrogens is 500 g/mol. The third-order valence-electron chi connectivity index (χ3n) is 7.60. The maximum atomic E-state index is 14.8. The first-order chi connectivity index (χ1) is 18.5. The zero-order chi connectivity index (χ0) is 28.2. The van der Waals surface area contributed by atoms with Gasteiger partial charge in [-0.25, -0.2) is 9.69 Å². The lowest BCUT2D eigenvalue weighted by atomic mass is 9.60. The number of hydrogen-bond acceptors (Lipinski definition) is 8. The van der Waals surface area contributed by atoms with E-state index in [1.807, 2.05) is 0 Å². The highest BCUT2D eigenvalue weighted by Crippen LogP contribution is 2.61. The number of carbonyl (C=O) groups is 5. The van der Waals surface area contributed by atoms with Gasteiger partial charge in [0.05, 0.1) is 18.2 Å². The molecule has 1 heterocycles. The number of nitrogens with zero attached hydrogens (tertiary/aromatic N) is 1. The Kier molecular flexibility index (Phi) is 6.36. The first-order valence-corrected chi connectivity index (χ1v) is 13.2. The van der Waals surface area contributed by atoms with Gasteiger partial charge in [-0.2, -0.15) is 0 Å². The van der Waals surface area contributed by atoms with E-state index in [1.54, 1.807) is 82.3 Å². The molecule has 39 heavy (non-hydrogen) atoms. The SMILES string of the molecule is CCOC(=O)[C@@H]1CC(=O)[C@](Nc2ccccc2)(C(=O)C2CC2)[C@@]12C(=O)N(C(=O)OC(C)(C)C)c1ccccc12. The molecule has 3 aliphatic rings. The van der Waals surface area contributed by atoms with Gasteiger partial charge in [-0.15, -0.1) is 0 Å². The highest BCUT2D eigenvalue weighted by Gasteiger charge is 2.80. The van der Waals surface area contributed by atoms with Gasteiger partial charge in [-0.3, -0.25) is 19.2 Å². The number of imide groups is 1. The van der Waals surface area contributed by atoms with Crippen LogP contribution >= 0.6 is 0 Å². The molecule has 0 unspecified atom stereocenters. The van der Waals surface area contributed by atoms with E-state index in [4.69, 9.17) is 9.47 Å². The van der Waals surface area contributed by atoms with Crippen LogP contribution in [0.1, 0.15) is 52.5 Å². The fourth-order valence-corrected chi connectivity index (χ4v) is 6.02. The third kappa shape index (κ3) is 3.94. The number of anilines is 2. The summed E-state index contributed by atoms with van der Waals surface area (Å²) < 4.78 is 11.0. The molecule has 0 saturated heterocycles. The number of benzene rings is 2. The summed E-state index contributed by atoms with van der Waals surface area (Å²) in [4.78, 5) is 71.4. The monoisotopic (exact) mass is 532 g/mol. The molecule has 0 bridgehead atoms. The van der Waals surface area contributed by atoms with Crippen molar-refractivity contribution in [2.45, 2.75) is 63.5 Å². The van der Waals surface area contributed by atoms with Crippen LogP contribution in [0, 0.1) is 11.8 Å². The second kappa shape index (κ2) is 9.32. The number of rotatable bonds is 6. The minimum atomic E-state index is -2.14. The maximum Gasteiger partial charge on any atom is 0.421 e. The number of hydrogen-bond donors (Lipinski definition) is 1. The quantitative estimate of drug-likeness (QED) is 0.435. The number of amides is 2. The van der Waals surface area contributed by atoms with E-state index in [2.05, 4.69) is 5.32 Å². The van der Waals surface area contributed by atoms with Crippen molar-refractivity contribution < 1.29 is 33.4 Å². The minimum absolute atomic E-state index is 0.0148. The fraction of sp³-hybridized carbons (Fsp3) is 0.433. The summed E-state index contributed by atoms with van der Waals surface area (Å²) in [5, 5.41) is 3.16. The van der Waals surface area contributed by atoms with Crippen LogP contribution < -0.4 is 10.2 Å². The van der Waals surface area contributed by atoms with E-state index < -0.39 is 64.3 Å². The van der Waals surface area contributed by atoms with E-state index in [0.29, 0.717) is 18.5 Å². The lowest BCUT2D eigenvalue weighted by Gasteiger charge is -2.43. The van der Waals surface area contributed by atoms with Crippen molar-refractivity contribution in [3.8, 4) is 0 Å². The van der Waals surface area contributed by atoms with E-state index in [0.717, 1.165) is 4.90 Å². The Morgan fingerprint density at radius 3 is 2.26 bits per heavy atom. The van der Waals surface area contributed by atoms with Crippen LogP contribution in [0.25, 0.3) is 0 Å². The average Bonchev–Trinajstić information content (AvgIpc) is 3.65. The third-order valence-corrected chi connectivity index (χ3v) is 7.60. The van der Waals surface area contributed by atoms with Gasteiger partial charge in [0, 0.05) is 18.0 Å². The molecule has 3 atom stereocenters. The number of nitrogens with one attached hydrogen (secondary N) is 1. The molecule has 9 nitrogen and oxygen atoms in total. The second-order valence-electron chi connectivity index (χ2n) is 11.3. The van der Waals surface area contributed by atoms with Gasteiger partial charge in [0.25, 0.3) is 5.91 Å². The molecule has 5 rings (SSSR count). The van der Waals surface area contributed by atoms with Gasteiger partial charge >= 0.3 is 12.1 Å². The molecule has 2 fully saturated rings. The predicted octanol–water partition coefficient (Wildman–Crippen LogP) is 4.19. The van der Waals surface area contributed by atoms with Gasteiger partial charge in [-0.1, -0.05) is 36.4 Å². The Hall–Kier alpha value is -4.01. The molecule has 2 aliphatic carbocycles. The second-order valence-corrected chi connectivity index (χ2v) is 11.3. The Bertz CT molecular complexity index is 1360. The van der Waals surface area contributed by atoms with Gasteiger partial charge in [-0.05, 0) is 64.3 Å². The molecule has 2 aromatic carbocycles. The lowest BCUT2D eigenvalue weighted by Crippen LogP contribution is -2.69. The van der Waals surface area contributed by atoms with Crippen molar-refractivity contribution in [3.05, 3.63) is 60.2 Å². The number of carbonyl (C=O) groups excluding carboxylic acids is 5. The average molecular weight is 533 g/mol. The molecule has 1 aliphatic heterocycles. The van der Waals surface area contributed by atoms with Gasteiger partial charge in [0.2, 0.25) is 0 Å². The summed E-state index contributed by atoms with van der Waals surface area (Å²) >= 11 is 0. The van der Waals surface area contributed by atoms with Gasteiger partial charge < -0.3 is 14.8 Å². The van der Waals surface area contributed by atoms with Crippen molar-refractivity contribution in [2.24, 2.45) is 11.8 Å². The fourth-order valence-electron chi connectivity index (χ4n) is 6.02. The smallest absolute Gasteiger partial charge is 0.421 e.